The van der Waals surface area contributed by atoms with Gasteiger partial charge in [-0.05, 0) is 74.8 Å². The minimum Gasteiger partial charge on any atom is -0.341 e. The number of nitrogens with one attached hydrogen (secondary N) is 2. The lowest BCUT2D eigenvalue weighted by molar-refractivity contribution is 0.0894. The Labute approximate surface area is 177 Å². The van der Waals surface area contributed by atoms with Gasteiger partial charge in [-0.2, -0.15) is 10.2 Å². The van der Waals surface area contributed by atoms with Gasteiger partial charge in [0.25, 0.3) is 5.91 Å². The highest BCUT2D eigenvalue weighted by Gasteiger charge is 2.38. The van der Waals surface area contributed by atoms with Gasteiger partial charge in [0.1, 0.15) is 0 Å². The zero-order valence-electron chi connectivity index (χ0n) is 17.9. The second-order valence-corrected chi connectivity index (χ2v) is 9.29. The molecule has 3 aromatic rings. The van der Waals surface area contributed by atoms with Gasteiger partial charge in [-0.25, -0.2) is 0 Å². The molecule has 1 aromatic carbocycles. The van der Waals surface area contributed by atoms with Crippen LogP contribution in [0.25, 0.3) is 11.3 Å². The summed E-state index contributed by atoms with van der Waals surface area (Å²) in [5, 5.41) is 15.2. The van der Waals surface area contributed by atoms with Crippen molar-refractivity contribution in [2.24, 2.45) is 13.0 Å². The fraction of sp³-hybridized carbons (Fsp3) is 0.458. The molecule has 2 fully saturated rings. The lowest BCUT2D eigenvalue weighted by Gasteiger charge is -2.29. The lowest BCUT2D eigenvalue weighted by atomic mass is 9.90. The molecule has 2 saturated carbocycles. The summed E-state index contributed by atoms with van der Waals surface area (Å²) in [7, 11) is 1.95. The summed E-state index contributed by atoms with van der Waals surface area (Å²) in [6.45, 7) is 4.09. The molecule has 2 aromatic heterocycles. The van der Waals surface area contributed by atoms with E-state index in [0.29, 0.717) is 17.4 Å². The third kappa shape index (κ3) is 3.66. The summed E-state index contributed by atoms with van der Waals surface area (Å²) in [6, 6.07) is 10.2. The highest BCUT2D eigenvalue weighted by Crippen LogP contribution is 2.45. The van der Waals surface area contributed by atoms with Crippen LogP contribution in [0.1, 0.15) is 72.3 Å². The standard InChI is InChI=1S/C24H29N5O/c1-15-12-22(28-27-15)24(2,14-16-4-5-16)26-23(30)18-8-9-19(17-6-7-17)20(13-18)21-10-11-25-29(21)3/h8-13,16-17H,4-7,14H2,1-3H3,(H,26,30)(H,27,28)/t24-/m0/s1. The first-order valence-electron chi connectivity index (χ1n) is 10.9. The molecule has 156 valence electrons. The largest absolute Gasteiger partial charge is 0.341 e. The Balaban J connectivity index is 1.47. The van der Waals surface area contributed by atoms with Crippen LogP contribution in [-0.4, -0.2) is 25.9 Å². The number of aromatic nitrogens is 4. The van der Waals surface area contributed by atoms with Crippen molar-refractivity contribution in [3.63, 3.8) is 0 Å². The number of aryl methyl sites for hydroxylation is 2. The molecule has 0 unspecified atom stereocenters. The first-order chi connectivity index (χ1) is 14.4. The van der Waals surface area contributed by atoms with Crippen molar-refractivity contribution in [2.45, 2.75) is 57.4 Å². The molecule has 6 nitrogen and oxygen atoms in total. The summed E-state index contributed by atoms with van der Waals surface area (Å²) < 4.78 is 1.88. The molecule has 2 aliphatic carbocycles. The van der Waals surface area contributed by atoms with E-state index in [2.05, 4.69) is 33.6 Å². The van der Waals surface area contributed by atoms with Crippen molar-refractivity contribution in [1.82, 2.24) is 25.3 Å². The van der Waals surface area contributed by atoms with Crippen LogP contribution < -0.4 is 5.32 Å². The predicted octanol–water partition coefficient (Wildman–Crippen LogP) is 4.44. The fourth-order valence-corrected chi connectivity index (χ4v) is 4.45. The second kappa shape index (κ2) is 7.11. The number of hydrogen-bond acceptors (Lipinski definition) is 3. The third-order valence-corrected chi connectivity index (χ3v) is 6.48. The van der Waals surface area contributed by atoms with E-state index in [9.17, 15) is 4.79 Å². The average molecular weight is 404 g/mol. The number of hydrogen-bond donors (Lipinski definition) is 2. The van der Waals surface area contributed by atoms with E-state index in [4.69, 9.17) is 0 Å². The Hall–Kier alpha value is -2.89. The van der Waals surface area contributed by atoms with Gasteiger partial charge in [0.15, 0.2) is 0 Å². The van der Waals surface area contributed by atoms with Gasteiger partial charge in [0.05, 0.1) is 16.9 Å². The summed E-state index contributed by atoms with van der Waals surface area (Å²) in [5.74, 6) is 1.21. The Kier molecular flexibility index (Phi) is 4.53. The van der Waals surface area contributed by atoms with Crippen LogP contribution in [0.2, 0.25) is 0 Å². The van der Waals surface area contributed by atoms with Crippen LogP contribution in [0.4, 0.5) is 0 Å². The molecule has 0 bridgehead atoms. The number of aromatic amines is 1. The average Bonchev–Trinajstić information content (AvgIpc) is 3.64. The molecule has 5 rings (SSSR count). The fourth-order valence-electron chi connectivity index (χ4n) is 4.45. The van der Waals surface area contributed by atoms with Gasteiger partial charge in [-0.3, -0.25) is 14.6 Å². The van der Waals surface area contributed by atoms with Crippen molar-refractivity contribution in [2.75, 3.05) is 0 Å². The minimum absolute atomic E-state index is 0.0513. The molecule has 0 saturated heterocycles. The molecule has 6 heteroatoms. The van der Waals surface area contributed by atoms with Crippen LogP contribution in [0.15, 0.2) is 36.5 Å². The highest BCUT2D eigenvalue weighted by atomic mass is 16.1. The maximum atomic E-state index is 13.4. The molecule has 2 aliphatic rings. The molecule has 0 aliphatic heterocycles. The van der Waals surface area contributed by atoms with Crippen LogP contribution >= 0.6 is 0 Å². The number of carbonyl (C=O) groups is 1. The zero-order chi connectivity index (χ0) is 20.9. The van der Waals surface area contributed by atoms with Gasteiger partial charge in [0, 0.05) is 30.1 Å². The predicted molar refractivity (Wildman–Crippen MR) is 116 cm³/mol. The molecule has 2 heterocycles. The Morgan fingerprint density at radius 3 is 2.63 bits per heavy atom. The van der Waals surface area contributed by atoms with Crippen LogP contribution in [0, 0.1) is 12.8 Å². The normalized spacial score (nSPS) is 18.2. The number of H-pyrrole nitrogens is 1. The first-order valence-corrected chi connectivity index (χ1v) is 10.9. The highest BCUT2D eigenvalue weighted by molar-refractivity contribution is 5.96. The maximum Gasteiger partial charge on any atom is 0.252 e. The van der Waals surface area contributed by atoms with E-state index in [1.165, 1.54) is 31.2 Å². The smallest absolute Gasteiger partial charge is 0.252 e. The van der Waals surface area contributed by atoms with E-state index in [1.807, 2.05) is 49.1 Å². The quantitative estimate of drug-likeness (QED) is 0.612. The van der Waals surface area contributed by atoms with E-state index in [-0.39, 0.29) is 5.91 Å². The van der Waals surface area contributed by atoms with Crippen molar-refractivity contribution in [1.29, 1.82) is 0 Å². The lowest BCUT2D eigenvalue weighted by Crippen LogP contribution is -2.44. The molecular weight excluding hydrogens is 374 g/mol. The van der Waals surface area contributed by atoms with Gasteiger partial charge in [0.2, 0.25) is 0 Å². The third-order valence-electron chi connectivity index (χ3n) is 6.48. The first kappa shape index (κ1) is 19.1. The number of nitrogens with zero attached hydrogens (tertiary/aromatic N) is 3. The van der Waals surface area contributed by atoms with Gasteiger partial charge >= 0.3 is 0 Å². The van der Waals surface area contributed by atoms with Crippen molar-refractivity contribution >= 4 is 5.91 Å². The van der Waals surface area contributed by atoms with Crippen molar-refractivity contribution in [3.05, 3.63) is 59.0 Å². The molecule has 2 N–H and O–H groups in total. The number of rotatable bonds is 7. The number of carbonyl (C=O) groups excluding carboxylic acids is 1. The van der Waals surface area contributed by atoms with Gasteiger partial charge in [-0.1, -0.05) is 18.9 Å². The summed E-state index contributed by atoms with van der Waals surface area (Å²) in [4.78, 5) is 13.4. The molecule has 30 heavy (non-hydrogen) atoms. The minimum atomic E-state index is -0.481. The topological polar surface area (TPSA) is 75.6 Å². The summed E-state index contributed by atoms with van der Waals surface area (Å²) in [6.07, 6.45) is 7.62. The van der Waals surface area contributed by atoms with Gasteiger partial charge < -0.3 is 5.32 Å². The monoisotopic (exact) mass is 403 g/mol. The molecule has 1 amide bonds. The molecule has 1 atom stereocenters. The van der Waals surface area contributed by atoms with E-state index in [1.54, 1.807) is 0 Å². The van der Waals surface area contributed by atoms with Crippen LogP contribution in [0.3, 0.4) is 0 Å². The van der Waals surface area contributed by atoms with Crippen LogP contribution in [-0.2, 0) is 12.6 Å². The molecule has 0 spiro atoms. The summed E-state index contributed by atoms with van der Waals surface area (Å²) >= 11 is 0. The Morgan fingerprint density at radius 2 is 2.03 bits per heavy atom. The van der Waals surface area contributed by atoms with Crippen molar-refractivity contribution in [3.8, 4) is 11.3 Å². The second-order valence-electron chi connectivity index (χ2n) is 9.29. The number of benzene rings is 1. The Bertz CT molecular complexity index is 1090. The molecule has 0 radical (unpaired) electrons. The van der Waals surface area contributed by atoms with E-state index >= 15 is 0 Å². The van der Waals surface area contributed by atoms with E-state index in [0.717, 1.165) is 29.1 Å². The maximum absolute atomic E-state index is 13.4. The van der Waals surface area contributed by atoms with Gasteiger partial charge in [-0.15, -0.1) is 0 Å². The molecular formula is C24H29N5O. The summed E-state index contributed by atoms with van der Waals surface area (Å²) in [5.41, 5.74) is 5.60. The zero-order valence-corrected chi connectivity index (χ0v) is 17.9. The van der Waals surface area contributed by atoms with Crippen molar-refractivity contribution < 1.29 is 4.79 Å². The Morgan fingerprint density at radius 1 is 1.23 bits per heavy atom. The van der Waals surface area contributed by atoms with E-state index < -0.39 is 5.54 Å². The number of amides is 1. The van der Waals surface area contributed by atoms with Crippen LogP contribution in [0.5, 0.6) is 0 Å². The SMILES string of the molecule is Cc1cc([C@](C)(CC2CC2)NC(=O)c2ccc(C3CC3)c(-c3ccnn3C)c2)n[nH]1.